The van der Waals surface area contributed by atoms with E-state index in [9.17, 15) is 23.1 Å². The van der Waals surface area contributed by atoms with Crippen LogP contribution in [0.25, 0.3) is 11.4 Å². The van der Waals surface area contributed by atoms with Crippen molar-refractivity contribution in [3.8, 4) is 17.1 Å². The molecule has 2 heterocycles. The van der Waals surface area contributed by atoms with Gasteiger partial charge in [-0.25, -0.2) is 9.78 Å². The van der Waals surface area contributed by atoms with Gasteiger partial charge in [0.15, 0.2) is 5.69 Å². The monoisotopic (exact) mass is 589 g/mol. The lowest BCUT2D eigenvalue weighted by Crippen LogP contribution is -2.35. The number of carbonyl (C=O) groups is 1. The molecular formula is C30H38F3N3O4Si. The molecule has 1 aromatic heterocycles. The number of aromatic nitrogens is 2. The predicted octanol–water partition coefficient (Wildman–Crippen LogP) is 7.18. The van der Waals surface area contributed by atoms with Gasteiger partial charge < -0.3 is 24.0 Å². The van der Waals surface area contributed by atoms with E-state index in [0.29, 0.717) is 36.0 Å². The molecule has 0 unspecified atom stereocenters. The van der Waals surface area contributed by atoms with Gasteiger partial charge in [0.2, 0.25) is 0 Å². The summed E-state index contributed by atoms with van der Waals surface area (Å²) < 4.78 is 53.5. The van der Waals surface area contributed by atoms with Crippen molar-refractivity contribution >= 4 is 19.7 Å². The number of hydrogen-bond donors (Lipinski definition) is 1. The summed E-state index contributed by atoms with van der Waals surface area (Å²) in [7, 11) is -1.31. The molecule has 1 aliphatic heterocycles. The summed E-state index contributed by atoms with van der Waals surface area (Å²) in [4.78, 5) is 17.5. The van der Waals surface area contributed by atoms with Crippen molar-refractivity contribution in [1.29, 1.82) is 0 Å². The molecule has 0 spiro atoms. The topological polar surface area (TPSA) is 76.8 Å². The number of alkyl halides is 3. The number of imidazole rings is 1. The zero-order valence-electron chi connectivity index (χ0n) is 24.0. The molecule has 1 fully saturated rings. The van der Waals surface area contributed by atoms with E-state index < -0.39 is 25.9 Å². The van der Waals surface area contributed by atoms with Gasteiger partial charge in [-0.3, -0.25) is 0 Å². The van der Waals surface area contributed by atoms with Crippen LogP contribution < -0.4 is 9.64 Å². The molecule has 0 amide bonds. The first-order valence-corrected chi connectivity index (χ1v) is 17.6. The Morgan fingerprint density at radius 1 is 1.10 bits per heavy atom. The minimum absolute atomic E-state index is 0.0142. The number of carboxylic acids is 1. The van der Waals surface area contributed by atoms with Crippen molar-refractivity contribution in [2.24, 2.45) is 5.92 Å². The van der Waals surface area contributed by atoms with Crippen LogP contribution in [0, 0.1) is 12.8 Å². The summed E-state index contributed by atoms with van der Waals surface area (Å²) in [5, 5.41) is 9.33. The highest BCUT2D eigenvalue weighted by Gasteiger charge is 2.35. The number of piperidine rings is 1. The number of hydrogen-bond acceptors (Lipinski definition) is 5. The minimum atomic E-state index is -4.54. The Morgan fingerprint density at radius 3 is 2.39 bits per heavy atom. The Kier molecular flexibility index (Phi) is 9.48. The van der Waals surface area contributed by atoms with Crippen LogP contribution >= 0.6 is 0 Å². The van der Waals surface area contributed by atoms with Crippen molar-refractivity contribution in [3.63, 3.8) is 0 Å². The number of carboxylic acid groups (broad SMARTS) is 1. The Morgan fingerprint density at radius 2 is 1.78 bits per heavy atom. The van der Waals surface area contributed by atoms with Gasteiger partial charge in [-0.1, -0.05) is 25.7 Å². The van der Waals surface area contributed by atoms with E-state index in [1.807, 2.05) is 24.3 Å². The second-order valence-electron chi connectivity index (χ2n) is 11.8. The van der Waals surface area contributed by atoms with Crippen LogP contribution in [0.15, 0.2) is 48.7 Å². The van der Waals surface area contributed by atoms with Crippen molar-refractivity contribution < 1.29 is 32.5 Å². The van der Waals surface area contributed by atoms with E-state index in [0.717, 1.165) is 43.9 Å². The molecule has 41 heavy (non-hydrogen) atoms. The zero-order chi connectivity index (χ0) is 29.8. The molecule has 4 rings (SSSR count). The maximum absolute atomic E-state index is 13.5. The van der Waals surface area contributed by atoms with Crippen molar-refractivity contribution in [1.82, 2.24) is 9.55 Å². The summed E-state index contributed by atoms with van der Waals surface area (Å²) in [6.07, 6.45) is -1.70. The number of ether oxygens (including phenoxy) is 2. The Balaban J connectivity index is 1.36. The van der Waals surface area contributed by atoms with Crippen molar-refractivity contribution in [2.45, 2.75) is 58.4 Å². The molecule has 1 N–H and O–H groups in total. The number of nitrogens with zero attached hydrogens (tertiary/aromatic N) is 3. The molecule has 0 bridgehead atoms. The minimum Gasteiger partial charge on any atom is -0.493 e. The second-order valence-corrected chi connectivity index (χ2v) is 17.4. The summed E-state index contributed by atoms with van der Waals surface area (Å²) in [6, 6.07) is 13.4. The van der Waals surface area contributed by atoms with Gasteiger partial charge in [0.25, 0.3) is 0 Å². The van der Waals surface area contributed by atoms with Gasteiger partial charge in [-0.2, -0.15) is 13.2 Å². The summed E-state index contributed by atoms with van der Waals surface area (Å²) in [6.45, 7) is 11.1. The zero-order valence-corrected chi connectivity index (χ0v) is 25.0. The maximum atomic E-state index is 13.5. The first kappa shape index (κ1) is 30.6. The summed E-state index contributed by atoms with van der Waals surface area (Å²) in [5.41, 5.74) is 1.53. The van der Waals surface area contributed by atoms with Gasteiger partial charge in [0.1, 0.15) is 18.3 Å². The fraction of sp³-hybridized carbons (Fsp3) is 0.467. The Hall–Kier alpha value is -3.31. The van der Waals surface area contributed by atoms with Crippen LogP contribution in [-0.4, -0.2) is 55.0 Å². The van der Waals surface area contributed by atoms with E-state index in [2.05, 4.69) is 29.5 Å². The van der Waals surface area contributed by atoms with E-state index in [1.54, 1.807) is 25.1 Å². The highest BCUT2D eigenvalue weighted by molar-refractivity contribution is 6.76. The Labute approximate surface area is 239 Å². The number of halogens is 3. The van der Waals surface area contributed by atoms with E-state index in [1.165, 1.54) is 4.57 Å². The molecule has 7 nitrogen and oxygen atoms in total. The third-order valence-electron chi connectivity index (χ3n) is 7.39. The third kappa shape index (κ3) is 8.13. The van der Waals surface area contributed by atoms with E-state index in [-0.39, 0.29) is 18.1 Å². The molecule has 3 aromatic rings. The molecule has 222 valence electrons. The lowest BCUT2D eigenvalue weighted by atomic mass is 9.97. The second kappa shape index (κ2) is 12.7. The van der Waals surface area contributed by atoms with Gasteiger partial charge in [-0.15, -0.1) is 0 Å². The third-order valence-corrected chi connectivity index (χ3v) is 9.09. The molecule has 0 saturated carbocycles. The number of anilines is 1. The van der Waals surface area contributed by atoms with Crippen LogP contribution in [0.2, 0.25) is 25.7 Å². The van der Waals surface area contributed by atoms with Crippen LogP contribution in [0.1, 0.15) is 34.5 Å². The molecule has 0 atom stereocenters. The SMILES string of the molecule is Cc1c(OCC2CCN(c3ccc(-c4nc(C(F)(F)F)cn4COCC[Si](C)(C)C)cc3)CC2)cccc1C(=O)O. The fourth-order valence-electron chi connectivity index (χ4n) is 4.81. The lowest BCUT2D eigenvalue weighted by Gasteiger charge is -2.33. The van der Waals surface area contributed by atoms with Gasteiger partial charge in [-0.05, 0) is 68.1 Å². The average Bonchev–Trinajstić information content (AvgIpc) is 3.35. The van der Waals surface area contributed by atoms with Crippen LogP contribution in [0.3, 0.4) is 0 Å². The fourth-order valence-corrected chi connectivity index (χ4v) is 5.57. The van der Waals surface area contributed by atoms with Gasteiger partial charge >= 0.3 is 12.1 Å². The quantitative estimate of drug-likeness (QED) is 0.189. The number of rotatable bonds is 11. The van der Waals surface area contributed by atoms with Crippen molar-refractivity contribution in [2.75, 3.05) is 31.2 Å². The van der Waals surface area contributed by atoms with Gasteiger partial charge in [0.05, 0.1) is 12.2 Å². The molecule has 0 radical (unpaired) electrons. The first-order chi connectivity index (χ1) is 19.3. The molecule has 1 aliphatic rings. The molecular weight excluding hydrogens is 551 g/mol. The first-order valence-electron chi connectivity index (χ1n) is 13.8. The molecule has 11 heteroatoms. The predicted molar refractivity (Wildman–Crippen MR) is 155 cm³/mol. The van der Waals surface area contributed by atoms with Crippen LogP contribution in [-0.2, 0) is 17.6 Å². The summed E-state index contributed by atoms with van der Waals surface area (Å²) in [5.74, 6) is 0.196. The highest BCUT2D eigenvalue weighted by Crippen LogP contribution is 2.32. The van der Waals surface area contributed by atoms with Crippen LogP contribution in [0.4, 0.5) is 18.9 Å². The maximum Gasteiger partial charge on any atom is 0.434 e. The van der Waals surface area contributed by atoms with Crippen LogP contribution in [0.5, 0.6) is 5.75 Å². The highest BCUT2D eigenvalue weighted by atomic mass is 28.3. The Bertz CT molecular complexity index is 1330. The smallest absolute Gasteiger partial charge is 0.434 e. The lowest BCUT2D eigenvalue weighted by molar-refractivity contribution is -0.141. The molecule has 1 saturated heterocycles. The van der Waals surface area contributed by atoms with E-state index >= 15 is 0 Å². The number of aromatic carboxylic acids is 1. The van der Waals surface area contributed by atoms with Crippen molar-refractivity contribution in [3.05, 3.63) is 65.5 Å². The van der Waals surface area contributed by atoms with Gasteiger partial charge in [0, 0.05) is 50.8 Å². The average molecular weight is 590 g/mol. The van der Waals surface area contributed by atoms with E-state index in [4.69, 9.17) is 9.47 Å². The normalized spacial score (nSPS) is 14.9. The molecule has 2 aromatic carbocycles. The largest absolute Gasteiger partial charge is 0.493 e. The summed E-state index contributed by atoms with van der Waals surface area (Å²) >= 11 is 0. The standard InChI is InChI=1S/C30H38F3N3O4Si/c1-21-25(29(37)38)6-5-7-26(21)40-19-22-12-14-35(15-13-22)24-10-8-23(9-11-24)28-34-27(30(31,32)33)18-36(28)20-39-16-17-41(2,3)4/h5-11,18,22H,12-17,19-20H2,1-4H3,(H,37,38). The number of benzene rings is 2. The molecule has 0 aliphatic carbocycles.